The van der Waals surface area contributed by atoms with Crippen molar-refractivity contribution in [1.29, 1.82) is 0 Å². The van der Waals surface area contributed by atoms with Gasteiger partial charge in [0.2, 0.25) is 0 Å². The minimum Gasteiger partial charge on any atom is -0.314 e. The van der Waals surface area contributed by atoms with Gasteiger partial charge in [-0.25, -0.2) is 0 Å². The Kier molecular flexibility index (Phi) is 3.13. The maximum absolute atomic E-state index is 3.79. The number of hydrogen-bond donors (Lipinski definition) is 2. The van der Waals surface area contributed by atoms with Crippen molar-refractivity contribution in [3.8, 4) is 0 Å². The summed E-state index contributed by atoms with van der Waals surface area (Å²) in [5, 5.41) is 7.31. The second-order valence-corrected chi connectivity index (χ2v) is 5.44. The first kappa shape index (κ1) is 10.4. The Morgan fingerprint density at radius 3 is 2.64 bits per heavy atom. The Morgan fingerprint density at radius 1 is 1.36 bits per heavy atom. The molecule has 2 aliphatic rings. The van der Waals surface area contributed by atoms with Gasteiger partial charge in [-0.15, -0.1) is 0 Å². The monoisotopic (exact) mass is 196 g/mol. The molecule has 0 bridgehead atoms. The summed E-state index contributed by atoms with van der Waals surface area (Å²) < 4.78 is 0. The third-order valence-electron chi connectivity index (χ3n) is 4.19. The Balaban J connectivity index is 1.75. The van der Waals surface area contributed by atoms with Gasteiger partial charge in [-0.1, -0.05) is 12.8 Å². The van der Waals surface area contributed by atoms with Gasteiger partial charge in [0.25, 0.3) is 0 Å². The molecule has 0 amide bonds. The van der Waals surface area contributed by atoms with E-state index in [1.807, 2.05) is 0 Å². The molecule has 0 aromatic rings. The zero-order chi connectivity index (χ0) is 10.0. The number of nitrogens with one attached hydrogen (secondary N) is 2. The van der Waals surface area contributed by atoms with Crippen molar-refractivity contribution in [2.24, 2.45) is 5.92 Å². The molecule has 2 nitrogen and oxygen atoms in total. The second kappa shape index (κ2) is 4.19. The summed E-state index contributed by atoms with van der Waals surface area (Å²) in [6, 6.07) is 0.715. The van der Waals surface area contributed by atoms with Crippen LogP contribution in [0.2, 0.25) is 0 Å². The first-order valence-electron chi connectivity index (χ1n) is 6.18. The summed E-state index contributed by atoms with van der Waals surface area (Å²) in [7, 11) is 0. The molecular weight excluding hydrogens is 172 g/mol. The van der Waals surface area contributed by atoms with Gasteiger partial charge >= 0.3 is 0 Å². The van der Waals surface area contributed by atoms with Crippen molar-refractivity contribution < 1.29 is 0 Å². The fourth-order valence-electron chi connectivity index (χ4n) is 2.90. The molecule has 82 valence electrons. The lowest BCUT2D eigenvalue weighted by molar-refractivity contribution is 0.320. The van der Waals surface area contributed by atoms with Gasteiger partial charge in [-0.3, -0.25) is 0 Å². The van der Waals surface area contributed by atoms with Crippen molar-refractivity contribution >= 4 is 0 Å². The van der Waals surface area contributed by atoms with Gasteiger partial charge < -0.3 is 10.6 Å². The van der Waals surface area contributed by atoms with Crippen LogP contribution in [-0.4, -0.2) is 24.7 Å². The summed E-state index contributed by atoms with van der Waals surface area (Å²) >= 11 is 0. The molecule has 2 unspecified atom stereocenters. The quantitative estimate of drug-likeness (QED) is 0.720. The highest BCUT2D eigenvalue weighted by molar-refractivity contribution is 4.91. The van der Waals surface area contributed by atoms with Crippen LogP contribution in [0.4, 0.5) is 0 Å². The van der Waals surface area contributed by atoms with Crippen LogP contribution in [-0.2, 0) is 0 Å². The number of rotatable bonds is 3. The Morgan fingerprint density at radius 2 is 2.07 bits per heavy atom. The standard InChI is InChI=1S/C12H24N2/c1-10-11(5-8-13-10)9-14-12(2)6-3-4-7-12/h10-11,13-14H,3-9H2,1-2H3. The minimum absolute atomic E-state index is 0.461. The SMILES string of the molecule is CC1NCCC1CNC1(C)CCCC1. The van der Waals surface area contributed by atoms with E-state index in [1.165, 1.54) is 45.2 Å². The Labute approximate surface area is 87.8 Å². The summed E-state index contributed by atoms with van der Waals surface area (Å²) in [6.45, 7) is 7.14. The van der Waals surface area contributed by atoms with E-state index in [0.717, 1.165) is 5.92 Å². The molecule has 1 saturated carbocycles. The van der Waals surface area contributed by atoms with Gasteiger partial charge in [-0.05, 0) is 52.1 Å². The van der Waals surface area contributed by atoms with Crippen LogP contribution in [0.1, 0.15) is 46.0 Å². The lowest BCUT2D eigenvalue weighted by Crippen LogP contribution is -2.43. The fraction of sp³-hybridized carbons (Fsp3) is 1.00. The molecule has 0 radical (unpaired) electrons. The van der Waals surface area contributed by atoms with Crippen LogP contribution in [0.25, 0.3) is 0 Å². The molecule has 2 rings (SSSR count). The second-order valence-electron chi connectivity index (χ2n) is 5.44. The van der Waals surface area contributed by atoms with Crippen molar-refractivity contribution in [1.82, 2.24) is 10.6 Å². The van der Waals surface area contributed by atoms with E-state index in [2.05, 4.69) is 24.5 Å². The average Bonchev–Trinajstić information content (AvgIpc) is 2.73. The van der Waals surface area contributed by atoms with Crippen LogP contribution in [0.15, 0.2) is 0 Å². The van der Waals surface area contributed by atoms with Gasteiger partial charge in [0.15, 0.2) is 0 Å². The van der Waals surface area contributed by atoms with Crippen LogP contribution in [0.5, 0.6) is 0 Å². The zero-order valence-electron chi connectivity index (χ0n) is 9.60. The highest BCUT2D eigenvalue weighted by atomic mass is 15.0. The summed E-state index contributed by atoms with van der Waals surface area (Å²) in [4.78, 5) is 0. The molecule has 1 saturated heterocycles. The first-order chi connectivity index (χ1) is 6.70. The zero-order valence-corrected chi connectivity index (χ0v) is 9.60. The molecule has 2 heteroatoms. The maximum Gasteiger partial charge on any atom is 0.0153 e. The highest BCUT2D eigenvalue weighted by Crippen LogP contribution is 2.29. The van der Waals surface area contributed by atoms with E-state index in [-0.39, 0.29) is 0 Å². The normalized spacial score (nSPS) is 36.4. The minimum atomic E-state index is 0.461. The van der Waals surface area contributed by atoms with Gasteiger partial charge in [0.1, 0.15) is 0 Å². The van der Waals surface area contributed by atoms with Crippen molar-refractivity contribution in [3.63, 3.8) is 0 Å². The molecule has 2 atom stereocenters. The molecule has 0 spiro atoms. The fourth-order valence-corrected chi connectivity index (χ4v) is 2.90. The summed E-state index contributed by atoms with van der Waals surface area (Å²) in [5.41, 5.74) is 0.461. The predicted molar refractivity (Wildman–Crippen MR) is 60.4 cm³/mol. The van der Waals surface area contributed by atoms with E-state index in [0.29, 0.717) is 11.6 Å². The molecule has 14 heavy (non-hydrogen) atoms. The molecule has 1 heterocycles. The third kappa shape index (κ3) is 2.29. The molecule has 0 aromatic carbocycles. The predicted octanol–water partition coefficient (Wildman–Crippen LogP) is 1.91. The van der Waals surface area contributed by atoms with Crippen LogP contribution < -0.4 is 10.6 Å². The van der Waals surface area contributed by atoms with E-state index in [1.54, 1.807) is 0 Å². The topological polar surface area (TPSA) is 24.1 Å². The molecule has 2 fully saturated rings. The number of hydrogen-bond acceptors (Lipinski definition) is 2. The molecule has 1 aliphatic carbocycles. The third-order valence-corrected chi connectivity index (χ3v) is 4.19. The Hall–Kier alpha value is -0.0800. The Bertz CT molecular complexity index is 185. The van der Waals surface area contributed by atoms with Crippen LogP contribution in [0, 0.1) is 5.92 Å². The maximum atomic E-state index is 3.79. The van der Waals surface area contributed by atoms with Crippen molar-refractivity contribution in [3.05, 3.63) is 0 Å². The van der Waals surface area contributed by atoms with E-state index in [9.17, 15) is 0 Å². The molecule has 1 aliphatic heterocycles. The van der Waals surface area contributed by atoms with Crippen LogP contribution in [0.3, 0.4) is 0 Å². The van der Waals surface area contributed by atoms with Crippen molar-refractivity contribution in [2.75, 3.05) is 13.1 Å². The molecular formula is C12H24N2. The van der Waals surface area contributed by atoms with E-state index < -0.39 is 0 Å². The van der Waals surface area contributed by atoms with Gasteiger partial charge in [0.05, 0.1) is 0 Å². The van der Waals surface area contributed by atoms with Crippen LogP contribution >= 0.6 is 0 Å². The largest absolute Gasteiger partial charge is 0.314 e. The molecule has 0 aromatic heterocycles. The summed E-state index contributed by atoms with van der Waals surface area (Å²) in [5.74, 6) is 0.854. The average molecular weight is 196 g/mol. The lowest BCUT2D eigenvalue weighted by atomic mass is 9.97. The van der Waals surface area contributed by atoms with Gasteiger partial charge in [0, 0.05) is 11.6 Å². The lowest BCUT2D eigenvalue weighted by Gasteiger charge is -2.28. The van der Waals surface area contributed by atoms with E-state index in [4.69, 9.17) is 0 Å². The van der Waals surface area contributed by atoms with Gasteiger partial charge in [-0.2, -0.15) is 0 Å². The molecule has 2 N–H and O–H groups in total. The smallest absolute Gasteiger partial charge is 0.0153 e. The highest BCUT2D eigenvalue weighted by Gasteiger charge is 2.30. The summed E-state index contributed by atoms with van der Waals surface area (Å²) in [6.07, 6.45) is 6.94. The van der Waals surface area contributed by atoms with Crippen molar-refractivity contribution in [2.45, 2.75) is 57.5 Å². The first-order valence-corrected chi connectivity index (χ1v) is 6.18. The van der Waals surface area contributed by atoms with E-state index >= 15 is 0 Å².